The minimum absolute atomic E-state index is 0.00456. The molecule has 2 aromatic rings. The second-order valence-corrected chi connectivity index (χ2v) is 6.85. The molecule has 0 saturated carbocycles. The van der Waals surface area contributed by atoms with Gasteiger partial charge >= 0.3 is 0 Å². The molecule has 0 fully saturated rings. The number of fused-ring (bicyclic) bond motifs is 5. The maximum Gasteiger partial charge on any atom is 0.239 e. The first-order chi connectivity index (χ1) is 12.6. The Balaban J connectivity index is 2.19. The van der Waals surface area contributed by atoms with Crippen LogP contribution in [0.1, 0.15) is 43.9 Å². The molecule has 2 aliphatic carbocycles. The van der Waals surface area contributed by atoms with E-state index in [-0.39, 0.29) is 51.0 Å². The predicted molar refractivity (Wildman–Crippen MR) is 100 cm³/mol. The van der Waals surface area contributed by atoms with Crippen molar-refractivity contribution in [1.82, 2.24) is 0 Å². The summed E-state index contributed by atoms with van der Waals surface area (Å²) in [6.45, 7) is 0. The maximum atomic E-state index is 13.0. The molecule has 1 aromatic heterocycles. The molecule has 4 rings (SSSR count). The van der Waals surface area contributed by atoms with E-state index in [0.29, 0.717) is 5.56 Å². The average molecular weight is 372 g/mol. The molecule has 2 aliphatic rings. The van der Waals surface area contributed by atoms with Gasteiger partial charge in [-0.2, -0.15) is 0 Å². The molecule has 0 amide bonds. The van der Waals surface area contributed by atoms with Crippen molar-refractivity contribution in [2.45, 2.75) is 24.2 Å². The fourth-order valence-corrected chi connectivity index (χ4v) is 3.96. The molecule has 142 valence electrons. The lowest BCUT2D eigenvalue weighted by Crippen LogP contribution is -2.57. The molecule has 0 aliphatic heterocycles. The van der Waals surface area contributed by atoms with Crippen LogP contribution in [0.5, 0.6) is 0 Å². The summed E-state index contributed by atoms with van der Waals surface area (Å²) in [5, 5.41) is 0. The van der Waals surface area contributed by atoms with Gasteiger partial charge in [0.2, 0.25) is 17.5 Å². The highest BCUT2D eigenvalue weighted by Gasteiger charge is 2.46. The highest BCUT2D eigenvalue weighted by Crippen LogP contribution is 2.51. The number of Topliss-reactive ketones (excluding diaryl/α,β-unsaturated/α-hetero) is 2. The molecule has 0 bridgehead atoms. The van der Waals surface area contributed by atoms with Crippen LogP contribution in [0, 0.1) is 0 Å². The Hall–Kier alpha value is -3.12. The minimum Gasteiger partial charge on any atom is -0.438 e. The zero-order valence-corrected chi connectivity index (χ0v) is 14.2. The number of ketones is 2. The van der Waals surface area contributed by atoms with Gasteiger partial charge in [0, 0.05) is 35.3 Å². The Bertz CT molecular complexity index is 1040. The molecule has 1 aromatic carbocycles. The second kappa shape index (κ2) is 5.20. The molecule has 11 nitrogen and oxygen atoms in total. The summed E-state index contributed by atoms with van der Waals surface area (Å²) < 4.78 is 5.44. The van der Waals surface area contributed by atoms with Gasteiger partial charge in [0.1, 0.15) is 5.69 Å². The minimum atomic E-state index is -0.894. The van der Waals surface area contributed by atoms with E-state index in [1.54, 1.807) is 0 Å². The molecule has 4 unspecified atom stereocenters. The summed E-state index contributed by atoms with van der Waals surface area (Å²) in [5.41, 5.74) is 48.9. The number of nitrogens with two attached hydrogens (primary N) is 8. The molecule has 0 radical (unpaired) electrons. The standard InChI is InChI=1S/C16H20N8O3/c17-6-1-2-4(9(20)7(18)3(1)8(19)12(23)11(6)22)15-5(14(26)13(2)25)10(21)16(24)27-15/h6,8,11-12H,17-24H2. The lowest BCUT2D eigenvalue weighted by atomic mass is 9.71. The highest BCUT2D eigenvalue weighted by atomic mass is 16.4. The summed E-state index contributed by atoms with van der Waals surface area (Å²) in [6, 6.07) is -3.20. The average Bonchev–Trinajstić information content (AvgIpc) is 2.92. The van der Waals surface area contributed by atoms with E-state index in [2.05, 4.69) is 0 Å². The fourth-order valence-electron chi connectivity index (χ4n) is 3.96. The first kappa shape index (κ1) is 17.3. The summed E-state index contributed by atoms with van der Waals surface area (Å²) in [7, 11) is 0. The topological polar surface area (TPSA) is 255 Å². The van der Waals surface area contributed by atoms with Crippen molar-refractivity contribution in [2.75, 3.05) is 22.9 Å². The zero-order valence-electron chi connectivity index (χ0n) is 14.2. The van der Waals surface area contributed by atoms with Gasteiger partial charge in [0.15, 0.2) is 5.76 Å². The van der Waals surface area contributed by atoms with Gasteiger partial charge in [-0.1, -0.05) is 0 Å². The summed E-state index contributed by atoms with van der Waals surface area (Å²) in [4.78, 5) is 25.6. The molecule has 0 spiro atoms. The van der Waals surface area contributed by atoms with Crippen molar-refractivity contribution in [2.24, 2.45) is 22.9 Å². The van der Waals surface area contributed by atoms with Gasteiger partial charge in [-0.05, 0) is 5.56 Å². The van der Waals surface area contributed by atoms with Crippen LogP contribution in [0.25, 0.3) is 11.3 Å². The van der Waals surface area contributed by atoms with Crippen LogP contribution < -0.4 is 45.9 Å². The monoisotopic (exact) mass is 372 g/mol. The van der Waals surface area contributed by atoms with Crippen molar-refractivity contribution in [3.8, 4) is 11.3 Å². The fraction of sp³-hybridized carbons (Fsp3) is 0.250. The van der Waals surface area contributed by atoms with Crippen molar-refractivity contribution >= 4 is 34.5 Å². The lowest BCUT2D eigenvalue weighted by molar-refractivity contribution is 0.0813. The van der Waals surface area contributed by atoms with Gasteiger partial charge in [0.05, 0.1) is 22.5 Å². The number of furan rings is 1. The smallest absolute Gasteiger partial charge is 0.239 e. The Morgan fingerprint density at radius 3 is 1.74 bits per heavy atom. The van der Waals surface area contributed by atoms with Crippen molar-refractivity contribution in [1.29, 1.82) is 0 Å². The number of carbonyl (C=O) groups is 2. The van der Waals surface area contributed by atoms with E-state index in [4.69, 9.17) is 50.3 Å². The SMILES string of the molecule is Nc1oc2c(c1N)C(=O)C(=O)c1c-2c(N)c(N)c2c1C(N)C(N)C(N)C2N. The molecule has 1 heterocycles. The second-order valence-electron chi connectivity index (χ2n) is 6.85. The highest BCUT2D eigenvalue weighted by molar-refractivity contribution is 6.54. The van der Waals surface area contributed by atoms with Crippen molar-refractivity contribution in [3.05, 3.63) is 22.3 Å². The third-order valence-electron chi connectivity index (χ3n) is 5.46. The van der Waals surface area contributed by atoms with Crippen LogP contribution in [-0.2, 0) is 0 Å². The third-order valence-corrected chi connectivity index (χ3v) is 5.46. The first-order valence-electron chi connectivity index (χ1n) is 8.13. The van der Waals surface area contributed by atoms with Gasteiger partial charge in [-0.15, -0.1) is 0 Å². The largest absolute Gasteiger partial charge is 0.438 e. The normalized spacial score (nSPS) is 26.5. The molecule has 0 saturated heterocycles. The van der Waals surface area contributed by atoms with Crippen LogP contribution >= 0.6 is 0 Å². The van der Waals surface area contributed by atoms with Gasteiger partial charge in [0.25, 0.3) is 0 Å². The van der Waals surface area contributed by atoms with Crippen molar-refractivity contribution < 1.29 is 14.0 Å². The molecular weight excluding hydrogens is 352 g/mol. The maximum absolute atomic E-state index is 13.0. The molecule has 27 heavy (non-hydrogen) atoms. The van der Waals surface area contributed by atoms with E-state index < -0.39 is 35.7 Å². The van der Waals surface area contributed by atoms with Gasteiger partial charge < -0.3 is 50.3 Å². The van der Waals surface area contributed by atoms with Gasteiger partial charge in [-0.3, -0.25) is 9.59 Å². The number of nitrogen functional groups attached to an aromatic ring is 4. The Morgan fingerprint density at radius 1 is 0.630 bits per heavy atom. The lowest BCUT2D eigenvalue weighted by Gasteiger charge is -2.40. The summed E-state index contributed by atoms with van der Waals surface area (Å²) in [6.07, 6.45) is 0. The van der Waals surface area contributed by atoms with E-state index in [0.717, 1.165) is 0 Å². The number of benzene rings is 1. The molecule has 4 atom stereocenters. The number of anilines is 4. The Morgan fingerprint density at radius 2 is 1.15 bits per heavy atom. The number of hydrogen-bond acceptors (Lipinski definition) is 11. The number of carbonyl (C=O) groups excluding carboxylic acids is 2. The van der Waals surface area contributed by atoms with Crippen LogP contribution in [0.2, 0.25) is 0 Å². The Labute approximate surface area is 153 Å². The van der Waals surface area contributed by atoms with E-state index >= 15 is 0 Å². The van der Waals surface area contributed by atoms with Crippen LogP contribution in [0.4, 0.5) is 22.9 Å². The Kier molecular flexibility index (Phi) is 3.33. The molecular formula is C16H20N8O3. The van der Waals surface area contributed by atoms with Crippen LogP contribution in [-0.4, -0.2) is 23.7 Å². The van der Waals surface area contributed by atoms with Crippen molar-refractivity contribution in [3.63, 3.8) is 0 Å². The third kappa shape index (κ3) is 1.88. The van der Waals surface area contributed by atoms with Gasteiger partial charge in [-0.25, -0.2) is 0 Å². The quantitative estimate of drug-likeness (QED) is 0.147. The van der Waals surface area contributed by atoms with E-state index in [1.807, 2.05) is 0 Å². The van der Waals surface area contributed by atoms with E-state index in [1.165, 1.54) is 0 Å². The predicted octanol–water partition coefficient (Wildman–Crippen LogP) is -1.68. The summed E-state index contributed by atoms with van der Waals surface area (Å²) in [5.74, 6) is -1.98. The number of hydrogen-bond donors (Lipinski definition) is 8. The summed E-state index contributed by atoms with van der Waals surface area (Å²) >= 11 is 0. The van der Waals surface area contributed by atoms with E-state index in [9.17, 15) is 9.59 Å². The number of rotatable bonds is 0. The zero-order chi connectivity index (χ0) is 19.9. The first-order valence-corrected chi connectivity index (χ1v) is 8.13. The van der Waals surface area contributed by atoms with Crippen LogP contribution in [0.3, 0.4) is 0 Å². The molecule has 11 heteroatoms. The van der Waals surface area contributed by atoms with Crippen LogP contribution in [0.15, 0.2) is 4.42 Å². The molecule has 16 N–H and O–H groups in total.